The fourth-order valence-corrected chi connectivity index (χ4v) is 1.64. The minimum Gasteiger partial charge on any atom is -0.481 e. The van der Waals surface area contributed by atoms with Crippen molar-refractivity contribution in [2.75, 3.05) is 12.3 Å². The molecule has 0 aliphatic rings. The summed E-state index contributed by atoms with van der Waals surface area (Å²) in [7, 11) is 0. The van der Waals surface area contributed by atoms with E-state index in [-0.39, 0.29) is 30.8 Å². The normalized spacial score (nSPS) is 11.5. The molecular weight excluding hydrogens is 274 g/mol. The van der Waals surface area contributed by atoms with E-state index in [9.17, 15) is 14.4 Å². The molecule has 5 N–H and O–H groups in total. The van der Waals surface area contributed by atoms with Crippen LogP contribution < -0.4 is 16.4 Å². The number of aliphatic carboxylic acids is 1. The van der Waals surface area contributed by atoms with Crippen LogP contribution >= 0.6 is 0 Å². The summed E-state index contributed by atoms with van der Waals surface area (Å²) in [5.74, 6) is -1.65. The molecule has 0 fully saturated rings. The van der Waals surface area contributed by atoms with E-state index in [1.54, 1.807) is 31.2 Å². The van der Waals surface area contributed by atoms with Gasteiger partial charge in [0, 0.05) is 23.7 Å². The van der Waals surface area contributed by atoms with Gasteiger partial charge in [-0.05, 0) is 37.6 Å². The van der Waals surface area contributed by atoms with Crippen molar-refractivity contribution < 1.29 is 19.5 Å². The van der Waals surface area contributed by atoms with Crippen LogP contribution in [0.4, 0.5) is 5.69 Å². The Labute approximate surface area is 122 Å². The summed E-state index contributed by atoms with van der Waals surface area (Å²) in [6, 6.07) is 6.07. The highest BCUT2D eigenvalue weighted by atomic mass is 16.4. The molecule has 0 saturated heterocycles. The van der Waals surface area contributed by atoms with Gasteiger partial charge in [-0.2, -0.15) is 0 Å². The largest absolute Gasteiger partial charge is 0.481 e. The molecule has 0 saturated carbocycles. The predicted octanol–water partition coefficient (Wildman–Crippen LogP) is 0.368. The quantitative estimate of drug-likeness (QED) is 0.541. The smallest absolute Gasteiger partial charge is 0.303 e. The number of benzene rings is 1. The van der Waals surface area contributed by atoms with Crippen molar-refractivity contribution in [3.05, 3.63) is 29.8 Å². The van der Waals surface area contributed by atoms with Gasteiger partial charge in [-0.15, -0.1) is 0 Å². The number of hydrogen-bond donors (Lipinski definition) is 4. The molecule has 1 aromatic carbocycles. The van der Waals surface area contributed by atoms with Gasteiger partial charge in [-0.3, -0.25) is 14.4 Å². The zero-order valence-electron chi connectivity index (χ0n) is 11.8. The second-order valence-electron chi connectivity index (χ2n) is 4.71. The Balaban J connectivity index is 2.33. The first kappa shape index (κ1) is 16.5. The second-order valence-corrected chi connectivity index (χ2v) is 4.71. The highest BCUT2D eigenvalue weighted by molar-refractivity contribution is 5.96. The summed E-state index contributed by atoms with van der Waals surface area (Å²) in [6.07, 6.45) is 0.326. The molecule has 0 bridgehead atoms. The van der Waals surface area contributed by atoms with Gasteiger partial charge in [-0.1, -0.05) is 0 Å². The molecule has 7 nitrogen and oxygen atoms in total. The van der Waals surface area contributed by atoms with Crippen LogP contribution in [0.2, 0.25) is 0 Å². The molecule has 114 valence electrons. The number of nitrogens with two attached hydrogens (primary N) is 1. The van der Waals surface area contributed by atoms with Gasteiger partial charge >= 0.3 is 5.97 Å². The van der Waals surface area contributed by atoms with Crippen molar-refractivity contribution in [1.82, 2.24) is 10.6 Å². The topological polar surface area (TPSA) is 122 Å². The van der Waals surface area contributed by atoms with Crippen LogP contribution in [-0.4, -0.2) is 35.5 Å². The lowest BCUT2D eigenvalue weighted by Gasteiger charge is -2.13. The van der Waals surface area contributed by atoms with E-state index in [0.717, 1.165) is 0 Å². The maximum absolute atomic E-state index is 11.8. The first-order chi connectivity index (χ1) is 9.88. The van der Waals surface area contributed by atoms with Crippen LogP contribution in [0.15, 0.2) is 24.3 Å². The molecule has 1 unspecified atom stereocenters. The fourth-order valence-electron chi connectivity index (χ4n) is 1.64. The molecule has 1 atom stereocenters. The monoisotopic (exact) mass is 293 g/mol. The highest BCUT2D eigenvalue weighted by Gasteiger charge is 2.11. The third-order valence-corrected chi connectivity index (χ3v) is 2.78. The highest BCUT2D eigenvalue weighted by Crippen LogP contribution is 2.04. The second kappa shape index (κ2) is 7.88. The number of carbonyl (C=O) groups is 3. The Kier molecular flexibility index (Phi) is 6.19. The predicted molar refractivity (Wildman–Crippen MR) is 77.7 cm³/mol. The van der Waals surface area contributed by atoms with Crippen molar-refractivity contribution in [2.24, 2.45) is 0 Å². The van der Waals surface area contributed by atoms with Crippen molar-refractivity contribution in [3.63, 3.8) is 0 Å². The van der Waals surface area contributed by atoms with Crippen LogP contribution in [0.3, 0.4) is 0 Å². The lowest BCUT2D eigenvalue weighted by Crippen LogP contribution is -2.41. The molecule has 0 radical (unpaired) electrons. The summed E-state index contributed by atoms with van der Waals surface area (Å²) >= 11 is 0. The fraction of sp³-hybridized carbons (Fsp3) is 0.357. The van der Waals surface area contributed by atoms with Crippen LogP contribution in [0.1, 0.15) is 30.1 Å². The van der Waals surface area contributed by atoms with Gasteiger partial charge in [0.05, 0.1) is 6.54 Å². The molecule has 0 aliphatic heterocycles. The molecule has 0 aliphatic carbocycles. The number of hydrogen-bond acceptors (Lipinski definition) is 4. The molecule has 7 heteroatoms. The maximum atomic E-state index is 11.8. The molecule has 0 heterocycles. The van der Waals surface area contributed by atoms with Gasteiger partial charge in [0.2, 0.25) is 5.91 Å². The zero-order valence-corrected chi connectivity index (χ0v) is 11.8. The van der Waals surface area contributed by atoms with Crippen LogP contribution in [0.5, 0.6) is 0 Å². The Morgan fingerprint density at radius 2 is 1.86 bits per heavy atom. The average Bonchev–Trinajstić information content (AvgIpc) is 2.43. The number of amides is 2. The SMILES string of the molecule is CC(CCC(=O)O)NC(=O)CNC(=O)c1ccc(N)cc1. The van der Waals surface area contributed by atoms with Gasteiger partial charge in [0.1, 0.15) is 0 Å². The van der Waals surface area contributed by atoms with Crippen LogP contribution in [0.25, 0.3) is 0 Å². The number of nitrogens with one attached hydrogen (secondary N) is 2. The average molecular weight is 293 g/mol. The van der Waals surface area contributed by atoms with Crippen molar-refractivity contribution in [3.8, 4) is 0 Å². The minimum atomic E-state index is -0.909. The lowest BCUT2D eigenvalue weighted by molar-refractivity contribution is -0.137. The number of rotatable bonds is 7. The summed E-state index contributed by atoms with van der Waals surface area (Å²) in [6.45, 7) is 1.54. The van der Waals surface area contributed by atoms with Gasteiger partial charge in [0.15, 0.2) is 0 Å². The number of carbonyl (C=O) groups excluding carboxylic acids is 2. The summed E-state index contributed by atoms with van der Waals surface area (Å²) in [5.41, 5.74) is 6.48. The van der Waals surface area contributed by atoms with E-state index in [4.69, 9.17) is 10.8 Å². The van der Waals surface area contributed by atoms with E-state index in [0.29, 0.717) is 17.7 Å². The maximum Gasteiger partial charge on any atom is 0.303 e. The zero-order chi connectivity index (χ0) is 15.8. The Hall–Kier alpha value is -2.57. The molecule has 0 aromatic heterocycles. The van der Waals surface area contributed by atoms with Gasteiger partial charge in [-0.25, -0.2) is 0 Å². The van der Waals surface area contributed by atoms with Gasteiger partial charge < -0.3 is 21.5 Å². The van der Waals surface area contributed by atoms with E-state index in [1.807, 2.05) is 0 Å². The number of carboxylic acids is 1. The molecule has 0 spiro atoms. The standard InChI is InChI=1S/C14H19N3O4/c1-9(2-7-13(19)20)17-12(18)8-16-14(21)10-3-5-11(15)6-4-10/h3-6,9H,2,7-8,15H2,1H3,(H,16,21)(H,17,18)(H,19,20). The molecule has 1 rings (SSSR count). The molecule has 1 aromatic rings. The Morgan fingerprint density at radius 1 is 1.24 bits per heavy atom. The van der Waals surface area contributed by atoms with E-state index < -0.39 is 5.97 Å². The first-order valence-electron chi connectivity index (χ1n) is 6.53. The van der Waals surface area contributed by atoms with E-state index >= 15 is 0 Å². The molecular formula is C14H19N3O4. The minimum absolute atomic E-state index is 0.0146. The van der Waals surface area contributed by atoms with Gasteiger partial charge in [0.25, 0.3) is 5.91 Å². The van der Waals surface area contributed by atoms with Crippen LogP contribution in [0, 0.1) is 0 Å². The Morgan fingerprint density at radius 3 is 2.43 bits per heavy atom. The number of nitrogen functional groups attached to an aromatic ring is 1. The summed E-state index contributed by atoms with van der Waals surface area (Å²) in [5, 5.41) is 13.6. The number of carboxylic acid groups (broad SMARTS) is 1. The Bertz CT molecular complexity index is 513. The third kappa shape index (κ3) is 6.42. The van der Waals surface area contributed by atoms with Crippen molar-refractivity contribution in [1.29, 1.82) is 0 Å². The van der Waals surface area contributed by atoms with Crippen molar-refractivity contribution >= 4 is 23.5 Å². The van der Waals surface area contributed by atoms with Crippen molar-refractivity contribution in [2.45, 2.75) is 25.8 Å². The van der Waals surface area contributed by atoms with E-state index in [2.05, 4.69) is 10.6 Å². The third-order valence-electron chi connectivity index (χ3n) is 2.78. The van der Waals surface area contributed by atoms with E-state index in [1.165, 1.54) is 0 Å². The number of anilines is 1. The molecule has 2 amide bonds. The van der Waals surface area contributed by atoms with Crippen LogP contribution in [-0.2, 0) is 9.59 Å². The summed E-state index contributed by atoms with van der Waals surface area (Å²) < 4.78 is 0. The lowest BCUT2D eigenvalue weighted by atomic mass is 10.2. The summed E-state index contributed by atoms with van der Waals surface area (Å²) in [4.78, 5) is 33.8. The molecule has 21 heavy (non-hydrogen) atoms. The first-order valence-corrected chi connectivity index (χ1v) is 6.53.